The maximum absolute atomic E-state index is 13.5. The molecule has 4 aromatic rings. The van der Waals surface area contributed by atoms with Crippen LogP contribution < -0.4 is 4.90 Å². The van der Waals surface area contributed by atoms with Crippen molar-refractivity contribution in [3.05, 3.63) is 88.2 Å². The summed E-state index contributed by atoms with van der Waals surface area (Å²) in [5, 5.41) is 0.722. The van der Waals surface area contributed by atoms with Gasteiger partial charge in [0.15, 0.2) is 5.13 Å². The molecule has 0 bridgehead atoms. The molecule has 0 fully saturated rings. The lowest BCUT2D eigenvalue weighted by Crippen LogP contribution is -2.32. The van der Waals surface area contributed by atoms with Crippen LogP contribution in [-0.2, 0) is 17.8 Å². The monoisotopic (exact) mass is 415 g/mol. The lowest BCUT2D eigenvalue weighted by Gasteiger charge is -2.20. The van der Waals surface area contributed by atoms with E-state index in [0.717, 1.165) is 37.7 Å². The van der Waals surface area contributed by atoms with E-state index in [1.807, 2.05) is 18.2 Å². The third-order valence-electron chi connectivity index (χ3n) is 5.23. The molecule has 4 nitrogen and oxygen atoms in total. The Kier molecular flexibility index (Phi) is 5.64. The minimum absolute atomic E-state index is 0.0304. The Morgan fingerprint density at radius 3 is 2.57 bits per heavy atom. The molecule has 0 radical (unpaired) electrons. The molecule has 30 heavy (non-hydrogen) atoms. The largest absolute Gasteiger partial charge is 0.282 e. The van der Waals surface area contributed by atoms with Crippen molar-refractivity contribution in [2.45, 2.75) is 40.7 Å². The summed E-state index contributed by atoms with van der Waals surface area (Å²) in [6.07, 6.45) is 2.10. The van der Waals surface area contributed by atoms with Crippen LogP contribution in [0.1, 0.15) is 33.5 Å². The SMILES string of the molecule is Cc1ccc(C)c(CC(=O)N(Cc2ccccn2)c2nc3cc(C)cc(C)c3s2)c1. The number of hydrogen-bond acceptors (Lipinski definition) is 4. The Bertz CT molecular complexity index is 1210. The number of pyridine rings is 1. The molecular formula is C25H25N3OS. The molecule has 0 spiro atoms. The highest BCUT2D eigenvalue weighted by Crippen LogP contribution is 2.33. The van der Waals surface area contributed by atoms with Gasteiger partial charge in [0, 0.05) is 6.20 Å². The number of aryl methyl sites for hydroxylation is 4. The van der Waals surface area contributed by atoms with Gasteiger partial charge in [-0.15, -0.1) is 0 Å². The van der Waals surface area contributed by atoms with Crippen LogP contribution in [0.2, 0.25) is 0 Å². The summed E-state index contributed by atoms with van der Waals surface area (Å²) in [5.41, 5.74) is 7.49. The topological polar surface area (TPSA) is 46.1 Å². The fourth-order valence-corrected chi connectivity index (χ4v) is 4.68. The Balaban J connectivity index is 1.73. The van der Waals surface area contributed by atoms with E-state index in [-0.39, 0.29) is 5.91 Å². The zero-order chi connectivity index (χ0) is 21.3. The molecule has 0 aliphatic carbocycles. The summed E-state index contributed by atoms with van der Waals surface area (Å²) in [7, 11) is 0. The summed E-state index contributed by atoms with van der Waals surface area (Å²) in [6.45, 7) is 8.68. The van der Waals surface area contributed by atoms with Gasteiger partial charge >= 0.3 is 0 Å². The molecule has 0 unspecified atom stereocenters. The van der Waals surface area contributed by atoms with Crippen LogP contribution in [0.3, 0.4) is 0 Å². The fourth-order valence-electron chi connectivity index (χ4n) is 3.65. The number of hydrogen-bond donors (Lipinski definition) is 0. The van der Waals surface area contributed by atoms with Crippen LogP contribution in [-0.4, -0.2) is 15.9 Å². The maximum atomic E-state index is 13.5. The van der Waals surface area contributed by atoms with Crippen LogP contribution in [0, 0.1) is 27.7 Å². The predicted molar refractivity (Wildman–Crippen MR) is 124 cm³/mol. The molecule has 1 amide bonds. The fraction of sp³-hybridized carbons (Fsp3) is 0.240. The van der Waals surface area contributed by atoms with Crippen molar-refractivity contribution in [3.8, 4) is 0 Å². The maximum Gasteiger partial charge on any atom is 0.233 e. The van der Waals surface area contributed by atoms with Gasteiger partial charge in [0.05, 0.1) is 28.9 Å². The predicted octanol–water partition coefficient (Wildman–Crippen LogP) is 5.70. The van der Waals surface area contributed by atoms with Crippen molar-refractivity contribution < 1.29 is 4.79 Å². The number of benzene rings is 2. The average molecular weight is 416 g/mol. The second kappa shape index (κ2) is 8.36. The molecule has 4 rings (SSSR count). The smallest absolute Gasteiger partial charge is 0.233 e. The van der Waals surface area contributed by atoms with Gasteiger partial charge in [-0.25, -0.2) is 4.98 Å². The number of carbonyl (C=O) groups is 1. The van der Waals surface area contributed by atoms with Gasteiger partial charge in [0.1, 0.15) is 0 Å². The standard InChI is InChI=1S/C25H25N3OS/c1-16-8-9-18(3)20(12-16)14-23(29)28(15-21-7-5-6-10-26-21)25-27-22-13-17(2)11-19(4)24(22)30-25/h5-13H,14-15H2,1-4H3. The summed E-state index contributed by atoms with van der Waals surface area (Å²) in [4.78, 5) is 24.5. The van der Waals surface area contributed by atoms with Crippen molar-refractivity contribution in [3.63, 3.8) is 0 Å². The van der Waals surface area contributed by atoms with Gasteiger partial charge in [-0.3, -0.25) is 14.7 Å². The van der Waals surface area contributed by atoms with Crippen molar-refractivity contribution >= 4 is 32.6 Å². The lowest BCUT2D eigenvalue weighted by atomic mass is 10.0. The van der Waals surface area contributed by atoms with Crippen LogP contribution >= 0.6 is 11.3 Å². The van der Waals surface area contributed by atoms with Gasteiger partial charge < -0.3 is 0 Å². The zero-order valence-electron chi connectivity index (χ0n) is 17.8. The van der Waals surface area contributed by atoms with Gasteiger partial charge in [-0.1, -0.05) is 47.2 Å². The number of carbonyl (C=O) groups excluding carboxylic acids is 1. The van der Waals surface area contributed by atoms with E-state index in [1.165, 1.54) is 11.1 Å². The van der Waals surface area contributed by atoms with Gasteiger partial charge in [0.2, 0.25) is 5.91 Å². The molecule has 0 saturated carbocycles. The summed E-state index contributed by atoms with van der Waals surface area (Å²) in [5.74, 6) is 0.0304. The van der Waals surface area contributed by atoms with E-state index < -0.39 is 0 Å². The molecule has 0 aliphatic rings. The molecular weight excluding hydrogens is 390 g/mol. The molecule has 5 heteroatoms. The first-order valence-electron chi connectivity index (χ1n) is 10.0. The number of thiazole rings is 1. The molecule has 152 valence electrons. The molecule has 0 N–H and O–H groups in total. The van der Waals surface area contributed by atoms with E-state index in [1.54, 1.807) is 22.4 Å². The summed E-state index contributed by atoms with van der Waals surface area (Å²) in [6, 6.07) is 16.3. The third kappa shape index (κ3) is 4.26. The Hall–Kier alpha value is -3.05. The summed E-state index contributed by atoms with van der Waals surface area (Å²) >= 11 is 1.57. The molecule has 0 saturated heterocycles. The van der Waals surface area contributed by atoms with Crippen LogP contribution in [0.25, 0.3) is 10.2 Å². The second-order valence-electron chi connectivity index (χ2n) is 7.83. The zero-order valence-corrected chi connectivity index (χ0v) is 18.6. The number of rotatable bonds is 5. The minimum atomic E-state index is 0.0304. The van der Waals surface area contributed by atoms with Crippen LogP contribution in [0.4, 0.5) is 5.13 Å². The van der Waals surface area contributed by atoms with Crippen LogP contribution in [0.15, 0.2) is 54.7 Å². The quantitative estimate of drug-likeness (QED) is 0.420. The Morgan fingerprint density at radius 2 is 1.80 bits per heavy atom. The first kappa shape index (κ1) is 20.2. The van der Waals surface area contributed by atoms with E-state index >= 15 is 0 Å². The van der Waals surface area contributed by atoms with E-state index in [0.29, 0.717) is 13.0 Å². The average Bonchev–Trinajstić information content (AvgIpc) is 3.13. The normalized spacial score (nSPS) is 11.1. The number of aromatic nitrogens is 2. The van der Waals surface area contributed by atoms with Crippen LogP contribution in [0.5, 0.6) is 0 Å². The Morgan fingerprint density at radius 1 is 0.967 bits per heavy atom. The first-order valence-corrected chi connectivity index (χ1v) is 10.9. The van der Waals surface area contributed by atoms with Crippen molar-refractivity contribution in [2.24, 2.45) is 0 Å². The first-order chi connectivity index (χ1) is 14.4. The van der Waals surface area contributed by atoms with E-state index in [4.69, 9.17) is 4.98 Å². The number of nitrogens with zero attached hydrogens (tertiary/aromatic N) is 3. The third-order valence-corrected chi connectivity index (χ3v) is 6.46. The second-order valence-corrected chi connectivity index (χ2v) is 8.81. The van der Waals surface area contributed by atoms with Gasteiger partial charge in [-0.2, -0.15) is 0 Å². The van der Waals surface area contributed by atoms with Crippen molar-refractivity contribution in [2.75, 3.05) is 4.90 Å². The highest BCUT2D eigenvalue weighted by atomic mass is 32.1. The Labute approximate surface area is 181 Å². The number of anilines is 1. The van der Waals surface area contributed by atoms with E-state index in [2.05, 4.69) is 63.0 Å². The molecule has 2 heterocycles. The molecule has 2 aromatic carbocycles. The van der Waals surface area contributed by atoms with Gasteiger partial charge in [-0.05, 0) is 68.1 Å². The number of amides is 1. The van der Waals surface area contributed by atoms with Crippen molar-refractivity contribution in [1.82, 2.24) is 9.97 Å². The minimum Gasteiger partial charge on any atom is -0.282 e. The van der Waals surface area contributed by atoms with Crippen molar-refractivity contribution in [1.29, 1.82) is 0 Å². The summed E-state index contributed by atoms with van der Waals surface area (Å²) < 4.78 is 1.13. The molecule has 0 aliphatic heterocycles. The highest BCUT2D eigenvalue weighted by molar-refractivity contribution is 7.22. The van der Waals surface area contributed by atoms with Gasteiger partial charge in [0.25, 0.3) is 0 Å². The highest BCUT2D eigenvalue weighted by Gasteiger charge is 2.22. The molecule has 0 atom stereocenters. The lowest BCUT2D eigenvalue weighted by molar-refractivity contribution is -0.118. The number of fused-ring (bicyclic) bond motifs is 1. The molecule has 2 aromatic heterocycles. The van der Waals surface area contributed by atoms with E-state index in [9.17, 15) is 4.79 Å².